The zero-order valence-corrected chi connectivity index (χ0v) is 12.9. The third-order valence-corrected chi connectivity index (χ3v) is 4.34. The van der Waals surface area contributed by atoms with E-state index in [9.17, 15) is 0 Å². The Balaban J connectivity index is 2.80. The molecule has 0 spiro atoms. The summed E-state index contributed by atoms with van der Waals surface area (Å²) in [5.74, 6) is 0.725. The molecule has 17 heavy (non-hydrogen) atoms. The molecule has 0 bridgehead atoms. The number of rotatable bonds is 3. The molecule has 1 rings (SSSR count). The van der Waals surface area contributed by atoms with Crippen LogP contribution in [0.1, 0.15) is 54.9 Å². The smallest absolute Gasteiger partial charge is 0.0272 e. The van der Waals surface area contributed by atoms with Gasteiger partial charge in [0.05, 0.1) is 0 Å². The van der Waals surface area contributed by atoms with Crippen LogP contribution in [-0.4, -0.2) is 36.1 Å². The van der Waals surface area contributed by atoms with Crippen LogP contribution in [0.2, 0.25) is 0 Å². The maximum atomic E-state index is 3.74. The van der Waals surface area contributed by atoms with Crippen molar-refractivity contribution in [2.45, 2.75) is 73.0 Å². The molecule has 2 heteroatoms. The van der Waals surface area contributed by atoms with Crippen molar-refractivity contribution in [2.75, 3.05) is 13.1 Å². The molecule has 2 nitrogen and oxygen atoms in total. The van der Waals surface area contributed by atoms with Crippen LogP contribution < -0.4 is 5.32 Å². The molecular formula is C15H32N2. The lowest BCUT2D eigenvalue weighted by Gasteiger charge is -2.49. The van der Waals surface area contributed by atoms with Gasteiger partial charge in [-0.15, -0.1) is 0 Å². The van der Waals surface area contributed by atoms with E-state index in [1.165, 1.54) is 13.0 Å². The molecule has 3 unspecified atom stereocenters. The maximum absolute atomic E-state index is 3.74. The first kappa shape index (κ1) is 15.0. The van der Waals surface area contributed by atoms with Crippen LogP contribution in [0.3, 0.4) is 0 Å². The highest BCUT2D eigenvalue weighted by molar-refractivity contribution is 4.94. The van der Waals surface area contributed by atoms with Crippen LogP contribution in [0.5, 0.6) is 0 Å². The van der Waals surface area contributed by atoms with Crippen LogP contribution in [0, 0.1) is 11.3 Å². The normalized spacial score (nSPS) is 29.6. The Morgan fingerprint density at radius 3 is 2.24 bits per heavy atom. The van der Waals surface area contributed by atoms with Gasteiger partial charge in [-0.3, -0.25) is 4.90 Å². The second-order valence-electron chi connectivity index (χ2n) is 7.09. The lowest BCUT2D eigenvalue weighted by atomic mass is 9.82. The van der Waals surface area contributed by atoms with E-state index in [4.69, 9.17) is 0 Å². The number of nitrogens with zero attached hydrogens (tertiary/aromatic N) is 1. The van der Waals surface area contributed by atoms with Gasteiger partial charge in [0.25, 0.3) is 0 Å². The molecular weight excluding hydrogens is 208 g/mol. The van der Waals surface area contributed by atoms with Gasteiger partial charge in [0.1, 0.15) is 0 Å². The summed E-state index contributed by atoms with van der Waals surface area (Å²) in [5.41, 5.74) is 0.360. The third kappa shape index (κ3) is 3.69. The van der Waals surface area contributed by atoms with Crippen molar-refractivity contribution in [3.05, 3.63) is 0 Å². The number of piperazine rings is 1. The Labute approximate surface area is 108 Å². The van der Waals surface area contributed by atoms with E-state index in [0.717, 1.165) is 12.5 Å². The first-order valence-corrected chi connectivity index (χ1v) is 7.26. The number of hydrogen-bond acceptors (Lipinski definition) is 2. The molecule has 1 saturated heterocycles. The summed E-state index contributed by atoms with van der Waals surface area (Å²) >= 11 is 0. The Hall–Kier alpha value is -0.0800. The molecule has 1 aliphatic rings. The van der Waals surface area contributed by atoms with E-state index in [-0.39, 0.29) is 0 Å². The molecule has 0 aliphatic carbocycles. The molecule has 0 amide bonds. The van der Waals surface area contributed by atoms with Crippen LogP contribution in [0.25, 0.3) is 0 Å². The summed E-state index contributed by atoms with van der Waals surface area (Å²) in [5, 5.41) is 3.74. The summed E-state index contributed by atoms with van der Waals surface area (Å²) in [6.07, 6.45) is 1.25. The first-order chi connectivity index (χ1) is 7.77. The van der Waals surface area contributed by atoms with Gasteiger partial charge in [-0.05, 0) is 24.7 Å². The fourth-order valence-electron chi connectivity index (χ4n) is 2.77. The SMILES string of the molecule is CCC(C)N1CC(C(C)C)NCC1C(C)(C)C. The first-order valence-electron chi connectivity index (χ1n) is 7.26. The van der Waals surface area contributed by atoms with E-state index in [0.29, 0.717) is 23.5 Å². The predicted molar refractivity (Wildman–Crippen MR) is 76.3 cm³/mol. The van der Waals surface area contributed by atoms with E-state index in [1.54, 1.807) is 0 Å². The van der Waals surface area contributed by atoms with Crippen LogP contribution in [0.15, 0.2) is 0 Å². The van der Waals surface area contributed by atoms with Crippen molar-refractivity contribution >= 4 is 0 Å². The summed E-state index contributed by atoms with van der Waals surface area (Å²) in [4.78, 5) is 2.74. The molecule has 0 radical (unpaired) electrons. The van der Waals surface area contributed by atoms with Gasteiger partial charge < -0.3 is 5.32 Å². The van der Waals surface area contributed by atoms with Gasteiger partial charge in [0.2, 0.25) is 0 Å². The lowest BCUT2D eigenvalue weighted by Crippen LogP contribution is -2.63. The Morgan fingerprint density at radius 1 is 1.24 bits per heavy atom. The van der Waals surface area contributed by atoms with Crippen LogP contribution >= 0.6 is 0 Å². The molecule has 1 aliphatic heterocycles. The Morgan fingerprint density at radius 2 is 1.82 bits per heavy atom. The monoisotopic (exact) mass is 240 g/mol. The second-order valence-corrected chi connectivity index (χ2v) is 7.09. The fraction of sp³-hybridized carbons (Fsp3) is 1.00. The highest BCUT2D eigenvalue weighted by atomic mass is 15.3. The van der Waals surface area contributed by atoms with Crippen molar-refractivity contribution in [1.82, 2.24) is 10.2 Å². The standard InChI is InChI=1S/C15H32N2/c1-8-12(4)17-10-13(11(2)3)16-9-14(17)15(5,6)7/h11-14,16H,8-10H2,1-7H3. The Bertz CT molecular complexity index is 230. The molecule has 0 saturated carbocycles. The molecule has 1 N–H and O–H groups in total. The number of hydrogen-bond donors (Lipinski definition) is 1. The summed E-state index contributed by atoms with van der Waals surface area (Å²) in [6.45, 7) is 18.8. The minimum Gasteiger partial charge on any atom is -0.311 e. The minimum absolute atomic E-state index is 0.360. The lowest BCUT2D eigenvalue weighted by molar-refractivity contribution is 0.0168. The van der Waals surface area contributed by atoms with Crippen LogP contribution in [0.4, 0.5) is 0 Å². The maximum Gasteiger partial charge on any atom is 0.0272 e. The van der Waals surface area contributed by atoms with Crippen molar-refractivity contribution in [1.29, 1.82) is 0 Å². The minimum atomic E-state index is 0.360. The quantitative estimate of drug-likeness (QED) is 0.815. The van der Waals surface area contributed by atoms with E-state index in [1.807, 2.05) is 0 Å². The number of nitrogens with one attached hydrogen (secondary N) is 1. The van der Waals surface area contributed by atoms with Crippen molar-refractivity contribution in [3.63, 3.8) is 0 Å². The van der Waals surface area contributed by atoms with Gasteiger partial charge in [-0.1, -0.05) is 41.5 Å². The largest absolute Gasteiger partial charge is 0.311 e. The summed E-state index contributed by atoms with van der Waals surface area (Å²) in [6, 6.07) is 2.01. The van der Waals surface area contributed by atoms with Crippen LogP contribution in [-0.2, 0) is 0 Å². The van der Waals surface area contributed by atoms with Crippen molar-refractivity contribution < 1.29 is 0 Å². The topological polar surface area (TPSA) is 15.3 Å². The molecule has 1 fully saturated rings. The van der Waals surface area contributed by atoms with Gasteiger partial charge in [-0.2, -0.15) is 0 Å². The molecule has 3 atom stereocenters. The third-order valence-electron chi connectivity index (χ3n) is 4.34. The highest BCUT2D eigenvalue weighted by Gasteiger charge is 2.37. The van der Waals surface area contributed by atoms with Crippen molar-refractivity contribution in [2.24, 2.45) is 11.3 Å². The zero-order valence-electron chi connectivity index (χ0n) is 12.9. The summed E-state index contributed by atoms with van der Waals surface area (Å²) < 4.78 is 0. The van der Waals surface area contributed by atoms with Gasteiger partial charge in [-0.25, -0.2) is 0 Å². The molecule has 102 valence electrons. The average molecular weight is 240 g/mol. The summed E-state index contributed by atoms with van der Waals surface area (Å²) in [7, 11) is 0. The molecule has 0 aromatic heterocycles. The second kappa shape index (κ2) is 5.71. The Kier molecular flexibility index (Phi) is 5.03. The van der Waals surface area contributed by atoms with E-state index >= 15 is 0 Å². The highest BCUT2D eigenvalue weighted by Crippen LogP contribution is 2.29. The van der Waals surface area contributed by atoms with E-state index < -0.39 is 0 Å². The van der Waals surface area contributed by atoms with Crippen molar-refractivity contribution in [3.8, 4) is 0 Å². The van der Waals surface area contributed by atoms with Gasteiger partial charge >= 0.3 is 0 Å². The zero-order chi connectivity index (χ0) is 13.2. The van der Waals surface area contributed by atoms with Gasteiger partial charge in [0.15, 0.2) is 0 Å². The van der Waals surface area contributed by atoms with Gasteiger partial charge in [0, 0.05) is 31.2 Å². The fourth-order valence-corrected chi connectivity index (χ4v) is 2.77. The van der Waals surface area contributed by atoms with E-state index in [2.05, 4.69) is 58.7 Å². The average Bonchev–Trinajstić information content (AvgIpc) is 2.25. The molecule has 0 aromatic carbocycles. The predicted octanol–water partition coefficient (Wildman–Crippen LogP) is 3.13. The molecule has 0 aromatic rings. The molecule has 1 heterocycles.